The summed E-state index contributed by atoms with van der Waals surface area (Å²) in [5, 5.41) is 7.35. The van der Waals surface area contributed by atoms with E-state index >= 15 is 0 Å². The van der Waals surface area contributed by atoms with Crippen LogP contribution in [0.1, 0.15) is 42.3 Å². The highest BCUT2D eigenvalue weighted by Crippen LogP contribution is 2.38. The Kier molecular flexibility index (Phi) is 4.33. The van der Waals surface area contributed by atoms with Gasteiger partial charge in [-0.2, -0.15) is 0 Å². The zero-order valence-corrected chi connectivity index (χ0v) is 14.2. The van der Waals surface area contributed by atoms with E-state index in [1.165, 1.54) is 12.1 Å². The number of aromatic nitrogens is 1. The van der Waals surface area contributed by atoms with Gasteiger partial charge < -0.3 is 10.6 Å². The van der Waals surface area contributed by atoms with Crippen LogP contribution in [0.4, 0.5) is 4.39 Å². The molecule has 2 atom stereocenters. The number of nitrogens with one attached hydrogen (secondary N) is 2. The van der Waals surface area contributed by atoms with Crippen LogP contribution in [0.15, 0.2) is 24.3 Å². The Morgan fingerprint density at radius 3 is 2.83 bits per heavy atom. The van der Waals surface area contributed by atoms with Crippen molar-refractivity contribution < 1.29 is 9.18 Å². The molecule has 2 N–H and O–H groups in total. The monoisotopic (exact) mass is 345 g/mol. The molecule has 0 saturated carbocycles. The molecule has 1 amide bonds. The van der Waals surface area contributed by atoms with Gasteiger partial charge in [0.1, 0.15) is 10.8 Å². The molecular weight excluding hydrogens is 325 g/mol. The number of benzene rings is 1. The maximum absolute atomic E-state index is 13.1. The number of amides is 1. The molecule has 0 radical (unpaired) electrons. The fourth-order valence-electron chi connectivity index (χ4n) is 3.45. The van der Waals surface area contributed by atoms with E-state index in [1.54, 1.807) is 23.5 Å². The van der Waals surface area contributed by atoms with Crippen LogP contribution >= 0.6 is 11.3 Å². The molecule has 1 fully saturated rings. The number of hydrogen-bond donors (Lipinski definition) is 2. The fourth-order valence-corrected chi connectivity index (χ4v) is 4.66. The largest absolute Gasteiger partial charge is 0.347 e. The van der Waals surface area contributed by atoms with Crippen LogP contribution in [-0.4, -0.2) is 23.5 Å². The van der Waals surface area contributed by atoms with Gasteiger partial charge in [0, 0.05) is 5.56 Å². The van der Waals surface area contributed by atoms with Gasteiger partial charge >= 0.3 is 0 Å². The Bertz CT molecular complexity index is 737. The first-order valence-electron chi connectivity index (χ1n) is 8.50. The third-order valence-electron chi connectivity index (χ3n) is 4.73. The van der Waals surface area contributed by atoms with Crippen LogP contribution < -0.4 is 10.6 Å². The first kappa shape index (κ1) is 15.7. The number of rotatable bonds is 3. The highest BCUT2D eigenvalue weighted by Gasteiger charge is 2.29. The lowest BCUT2D eigenvalue weighted by atomic mass is 9.97. The summed E-state index contributed by atoms with van der Waals surface area (Å²) in [4.78, 5) is 18.3. The maximum Gasteiger partial charge on any atom is 0.237 e. The zero-order chi connectivity index (χ0) is 16.5. The molecule has 1 aliphatic heterocycles. The first-order valence-corrected chi connectivity index (χ1v) is 9.31. The van der Waals surface area contributed by atoms with Crippen LogP contribution in [0.3, 0.4) is 0 Å². The lowest BCUT2D eigenvalue weighted by Gasteiger charge is -2.24. The summed E-state index contributed by atoms with van der Waals surface area (Å²) in [6, 6.07) is 6.43. The SMILES string of the molecule is O=C(NC1CCCc2nc(-c3ccc(F)cc3)sc21)C1CCCN1. The maximum atomic E-state index is 13.1. The molecule has 6 heteroatoms. The van der Waals surface area contributed by atoms with Gasteiger partial charge in [-0.3, -0.25) is 4.79 Å². The van der Waals surface area contributed by atoms with Crippen molar-refractivity contribution in [2.24, 2.45) is 0 Å². The van der Waals surface area contributed by atoms with Crippen molar-refractivity contribution in [1.29, 1.82) is 0 Å². The molecule has 4 rings (SSSR count). The summed E-state index contributed by atoms with van der Waals surface area (Å²) in [6.07, 6.45) is 4.90. The molecule has 24 heavy (non-hydrogen) atoms. The molecule has 2 unspecified atom stereocenters. The van der Waals surface area contributed by atoms with Crippen LogP contribution in [0.5, 0.6) is 0 Å². The summed E-state index contributed by atoms with van der Waals surface area (Å²) < 4.78 is 13.1. The third kappa shape index (κ3) is 3.08. The Balaban J connectivity index is 1.56. The van der Waals surface area contributed by atoms with Crippen molar-refractivity contribution in [3.63, 3.8) is 0 Å². The van der Waals surface area contributed by atoms with Gasteiger partial charge in [-0.1, -0.05) is 0 Å². The zero-order valence-electron chi connectivity index (χ0n) is 13.3. The van der Waals surface area contributed by atoms with E-state index in [4.69, 9.17) is 4.98 Å². The summed E-state index contributed by atoms with van der Waals surface area (Å²) in [7, 11) is 0. The van der Waals surface area contributed by atoms with Crippen molar-refractivity contribution in [2.45, 2.75) is 44.2 Å². The molecule has 1 aliphatic carbocycles. The van der Waals surface area contributed by atoms with Gasteiger partial charge in [0.15, 0.2) is 0 Å². The topological polar surface area (TPSA) is 54.0 Å². The van der Waals surface area contributed by atoms with E-state index in [1.807, 2.05) is 0 Å². The predicted octanol–water partition coefficient (Wildman–Crippen LogP) is 3.19. The number of fused-ring (bicyclic) bond motifs is 1. The minimum Gasteiger partial charge on any atom is -0.347 e. The third-order valence-corrected chi connectivity index (χ3v) is 6.00. The van der Waals surface area contributed by atoms with Crippen molar-refractivity contribution in [3.05, 3.63) is 40.7 Å². The molecule has 2 heterocycles. The number of thiazole rings is 1. The molecule has 0 spiro atoms. The van der Waals surface area contributed by atoms with Crippen LogP contribution in [0.25, 0.3) is 10.6 Å². The number of aryl methyl sites for hydroxylation is 1. The number of hydrogen-bond acceptors (Lipinski definition) is 4. The van der Waals surface area contributed by atoms with Crippen molar-refractivity contribution in [3.8, 4) is 10.6 Å². The van der Waals surface area contributed by atoms with Gasteiger partial charge in [0.25, 0.3) is 0 Å². The summed E-state index contributed by atoms with van der Waals surface area (Å²) in [6.45, 7) is 0.920. The average Bonchev–Trinajstić information content (AvgIpc) is 3.25. The minimum atomic E-state index is -0.241. The fraction of sp³-hybridized carbons (Fsp3) is 0.444. The quantitative estimate of drug-likeness (QED) is 0.898. The predicted molar refractivity (Wildman–Crippen MR) is 92.4 cm³/mol. The van der Waals surface area contributed by atoms with E-state index in [0.29, 0.717) is 0 Å². The van der Waals surface area contributed by atoms with E-state index in [2.05, 4.69) is 10.6 Å². The number of nitrogens with zero attached hydrogens (tertiary/aromatic N) is 1. The number of halogens is 1. The smallest absolute Gasteiger partial charge is 0.237 e. The van der Waals surface area contributed by atoms with Crippen LogP contribution in [-0.2, 0) is 11.2 Å². The second-order valence-corrected chi connectivity index (χ2v) is 7.47. The molecule has 126 valence electrons. The van der Waals surface area contributed by atoms with Gasteiger partial charge in [-0.25, -0.2) is 9.37 Å². The standard InChI is InChI=1S/C18H20FN3OS/c19-12-8-6-11(7-9-12)18-22-14-4-1-3-13(16(14)24-18)21-17(23)15-5-2-10-20-15/h6-9,13,15,20H,1-5,10H2,(H,21,23). The van der Waals surface area contributed by atoms with Gasteiger partial charge in [-0.05, 0) is 62.9 Å². The van der Waals surface area contributed by atoms with E-state index < -0.39 is 0 Å². The molecule has 2 aliphatic rings. The number of carbonyl (C=O) groups excluding carboxylic acids is 1. The Morgan fingerprint density at radius 1 is 1.25 bits per heavy atom. The molecular formula is C18H20FN3OS. The summed E-state index contributed by atoms with van der Waals surface area (Å²) in [5.41, 5.74) is 2.01. The van der Waals surface area contributed by atoms with E-state index in [9.17, 15) is 9.18 Å². The Morgan fingerprint density at radius 2 is 2.08 bits per heavy atom. The summed E-state index contributed by atoms with van der Waals surface area (Å²) in [5.74, 6) is -0.142. The minimum absolute atomic E-state index is 0.0512. The van der Waals surface area contributed by atoms with E-state index in [-0.39, 0.29) is 23.8 Å². The van der Waals surface area contributed by atoms with Crippen molar-refractivity contribution >= 4 is 17.2 Å². The van der Waals surface area contributed by atoms with E-state index in [0.717, 1.165) is 59.8 Å². The van der Waals surface area contributed by atoms with Crippen molar-refractivity contribution in [2.75, 3.05) is 6.54 Å². The van der Waals surface area contributed by atoms with Crippen LogP contribution in [0, 0.1) is 5.82 Å². The highest BCUT2D eigenvalue weighted by atomic mass is 32.1. The Labute approximate surface area is 144 Å². The lowest BCUT2D eigenvalue weighted by molar-refractivity contribution is -0.123. The van der Waals surface area contributed by atoms with Crippen LogP contribution in [0.2, 0.25) is 0 Å². The normalized spacial score (nSPS) is 23.0. The molecule has 1 aromatic carbocycles. The average molecular weight is 345 g/mol. The lowest BCUT2D eigenvalue weighted by Crippen LogP contribution is -2.42. The molecule has 4 nitrogen and oxygen atoms in total. The molecule has 2 aromatic rings. The number of carbonyl (C=O) groups is 1. The molecule has 0 bridgehead atoms. The summed E-state index contributed by atoms with van der Waals surface area (Å²) >= 11 is 1.62. The van der Waals surface area contributed by atoms with Gasteiger partial charge in [-0.15, -0.1) is 11.3 Å². The van der Waals surface area contributed by atoms with Gasteiger partial charge in [0.2, 0.25) is 5.91 Å². The second-order valence-electron chi connectivity index (χ2n) is 6.44. The molecule has 1 saturated heterocycles. The Hall–Kier alpha value is -1.79. The first-order chi connectivity index (χ1) is 11.7. The van der Waals surface area contributed by atoms with Crippen molar-refractivity contribution in [1.82, 2.24) is 15.6 Å². The second kappa shape index (κ2) is 6.61. The molecule has 1 aromatic heterocycles. The highest BCUT2D eigenvalue weighted by molar-refractivity contribution is 7.15. The van der Waals surface area contributed by atoms with Gasteiger partial charge in [0.05, 0.1) is 22.7 Å².